The van der Waals surface area contributed by atoms with Gasteiger partial charge in [0.15, 0.2) is 0 Å². The number of aryl methyl sites for hydroxylation is 1. The maximum atomic E-state index is 11.3. The molecule has 0 aromatic carbocycles. The fraction of sp³-hybridized carbons (Fsp3) is 0.700. The van der Waals surface area contributed by atoms with Crippen LogP contribution in [0.15, 0.2) is 0 Å². The molecule has 0 radical (unpaired) electrons. The molecule has 0 spiro atoms. The molecule has 2 rings (SSSR count). The number of carbonyl (C=O) groups excluding carboxylic acids is 1. The molecule has 1 aromatic rings. The van der Waals surface area contributed by atoms with Gasteiger partial charge < -0.3 is 4.90 Å². The van der Waals surface area contributed by atoms with E-state index < -0.39 is 0 Å². The third-order valence-corrected chi connectivity index (χ3v) is 3.65. The monoisotopic (exact) mass is 225 g/mol. The Kier molecular flexibility index (Phi) is 3.00. The SMILES string of the molecule is CC(=O)C1CCCN(c2nc(C)ns2)C1. The standard InChI is InChI=1S/C10H15N3OS/c1-7(14)9-4-3-5-13(6-9)10-11-8(2)12-15-10/h9H,3-6H2,1-2H3. The number of Topliss-reactive ketones (excluding diaryl/α,β-unsaturated/α-hetero) is 1. The summed E-state index contributed by atoms with van der Waals surface area (Å²) in [7, 11) is 0. The second-order valence-corrected chi connectivity index (χ2v) is 4.75. The summed E-state index contributed by atoms with van der Waals surface area (Å²) in [4.78, 5) is 17.9. The van der Waals surface area contributed by atoms with E-state index in [-0.39, 0.29) is 5.92 Å². The van der Waals surface area contributed by atoms with Crippen molar-refractivity contribution in [1.29, 1.82) is 0 Å². The van der Waals surface area contributed by atoms with Gasteiger partial charge in [0, 0.05) is 30.5 Å². The summed E-state index contributed by atoms with van der Waals surface area (Å²) in [5.41, 5.74) is 0. The number of carbonyl (C=O) groups is 1. The van der Waals surface area contributed by atoms with Crippen LogP contribution >= 0.6 is 11.5 Å². The predicted octanol–water partition coefficient (Wildman–Crippen LogP) is 1.65. The van der Waals surface area contributed by atoms with Crippen molar-refractivity contribution in [3.8, 4) is 0 Å². The Morgan fingerprint density at radius 3 is 3.00 bits per heavy atom. The Hall–Kier alpha value is -0.970. The quantitative estimate of drug-likeness (QED) is 0.768. The lowest BCUT2D eigenvalue weighted by Gasteiger charge is -2.30. The fourth-order valence-corrected chi connectivity index (χ4v) is 2.61. The van der Waals surface area contributed by atoms with Crippen LogP contribution in [0.3, 0.4) is 0 Å². The number of hydrogen-bond acceptors (Lipinski definition) is 5. The average Bonchev–Trinajstić information content (AvgIpc) is 2.65. The number of anilines is 1. The van der Waals surface area contributed by atoms with Crippen molar-refractivity contribution < 1.29 is 4.79 Å². The summed E-state index contributed by atoms with van der Waals surface area (Å²) in [6, 6.07) is 0. The number of piperidine rings is 1. The molecule has 0 amide bonds. The first kappa shape index (κ1) is 10.5. The van der Waals surface area contributed by atoms with E-state index in [1.807, 2.05) is 6.92 Å². The molecule has 0 bridgehead atoms. The first-order valence-corrected chi connectivity index (χ1v) is 6.00. The minimum Gasteiger partial charge on any atom is -0.346 e. The summed E-state index contributed by atoms with van der Waals surface area (Å²) in [5, 5.41) is 0.957. The number of hydrogen-bond donors (Lipinski definition) is 0. The van der Waals surface area contributed by atoms with Crippen molar-refractivity contribution in [2.45, 2.75) is 26.7 Å². The zero-order valence-electron chi connectivity index (χ0n) is 9.06. The topological polar surface area (TPSA) is 46.1 Å². The Bertz CT molecular complexity index is 363. The first-order chi connectivity index (χ1) is 7.16. The van der Waals surface area contributed by atoms with E-state index in [0.29, 0.717) is 5.78 Å². The van der Waals surface area contributed by atoms with Crippen LogP contribution in [0.25, 0.3) is 0 Å². The Morgan fingerprint density at radius 2 is 2.40 bits per heavy atom. The molecule has 1 saturated heterocycles. The van der Waals surface area contributed by atoms with Crippen molar-refractivity contribution in [2.75, 3.05) is 18.0 Å². The largest absolute Gasteiger partial charge is 0.346 e. The van der Waals surface area contributed by atoms with Gasteiger partial charge >= 0.3 is 0 Å². The number of rotatable bonds is 2. The maximum Gasteiger partial charge on any atom is 0.205 e. The van der Waals surface area contributed by atoms with E-state index in [4.69, 9.17) is 0 Å². The lowest BCUT2D eigenvalue weighted by atomic mass is 9.95. The zero-order chi connectivity index (χ0) is 10.8. The first-order valence-electron chi connectivity index (χ1n) is 5.22. The third kappa shape index (κ3) is 2.34. The molecule has 1 unspecified atom stereocenters. The van der Waals surface area contributed by atoms with Crippen molar-refractivity contribution in [3.63, 3.8) is 0 Å². The highest BCUT2D eigenvalue weighted by atomic mass is 32.1. The summed E-state index contributed by atoms with van der Waals surface area (Å²) in [6.07, 6.45) is 2.09. The predicted molar refractivity (Wildman–Crippen MR) is 60.3 cm³/mol. The Labute approximate surface area is 93.5 Å². The van der Waals surface area contributed by atoms with E-state index in [0.717, 1.165) is 36.9 Å². The van der Waals surface area contributed by atoms with Crippen LogP contribution in [0.2, 0.25) is 0 Å². The smallest absolute Gasteiger partial charge is 0.205 e. The van der Waals surface area contributed by atoms with Gasteiger partial charge in [-0.25, -0.2) is 4.98 Å². The lowest BCUT2D eigenvalue weighted by molar-refractivity contribution is -0.120. The molecular weight excluding hydrogens is 210 g/mol. The minimum absolute atomic E-state index is 0.183. The van der Waals surface area contributed by atoms with Gasteiger partial charge in [-0.05, 0) is 26.7 Å². The van der Waals surface area contributed by atoms with Gasteiger partial charge in [0.05, 0.1) is 0 Å². The van der Waals surface area contributed by atoms with E-state index in [9.17, 15) is 4.79 Å². The Morgan fingerprint density at radius 1 is 1.60 bits per heavy atom. The molecular formula is C10H15N3OS. The maximum absolute atomic E-state index is 11.3. The van der Waals surface area contributed by atoms with Crippen LogP contribution in [-0.2, 0) is 4.79 Å². The average molecular weight is 225 g/mol. The Balaban J connectivity index is 2.07. The second kappa shape index (κ2) is 4.26. The molecule has 15 heavy (non-hydrogen) atoms. The van der Waals surface area contributed by atoms with Crippen molar-refractivity contribution >= 4 is 22.4 Å². The molecule has 2 heterocycles. The van der Waals surface area contributed by atoms with Gasteiger partial charge in [0.25, 0.3) is 0 Å². The minimum atomic E-state index is 0.183. The molecule has 0 aliphatic carbocycles. The molecule has 1 aliphatic heterocycles. The van der Waals surface area contributed by atoms with Gasteiger partial charge in [-0.15, -0.1) is 0 Å². The second-order valence-electron chi connectivity index (χ2n) is 4.02. The highest BCUT2D eigenvalue weighted by Crippen LogP contribution is 2.24. The number of nitrogens with zero attached hydrogens (tertiary/aromatic N) is 3. The highest BCUT2D eigenvalue weighted by molar-refractivity contribution is 7.09. The van der Waals surface area contributed by atoms with Crippen LogP contribution < -0.4 is 4.90 Å². The lowest BCUT2D eigenvalue weighted by Crippen LogP contribution is -2.38. The van der Waals surface area contributed by atoms with Crippen molar-refractivity contribution in [2.24, 2.45) is 5.92 Å². The van der Waals surface area contributed by atoms with Crippen LogP contribution in [0.5, 0.6) is 0 Å². The van der Waals surface area contributed by atoms with E-state index in [1.54, 1.807) is 6.92 Å². The molecule has 1 aromatic heterocycles. The van der Waals surface area contributed by atoms with Crippen molar-refractivity contribution in [1.82, 2.24) is 9.36 Å². The molecule has 1 atom stereocenters. The number of ketones is 1. The van der Waals surface area contributed by atoms with Gasteiger partial charge in [-0.2, -0.15) is 4.37 Å². The van der Waals surface area contributed by atoms with Crippen LogP contribution in [0, 0.1) is 12.8 Å². The summed E-state index contributed by atoms with van der Waals surface area (Å²) in [5.74, 6) is 1.30. The molecule has 82 valence electrons. The molecule has 1 aliphatic rings. The van der Waals surface area contributed by atoms with E-state index in [2.05, 4.69) is 14.3 Å². The third-order valence-electron chi connectivity index (χ3n) is 2.78. The molecule has 5 heteroatoms. The van der Waals surface area contributed by atoms with Crippen LogP contribution in [-0.4, -0.2) is 28.2 Å². The number of aromatic nitrogens is 2. The summed E-state index contributed by atoms with van der Waals surface area (Å²) in [6.45, 7) is 5.38. The molecule has 0 N–H and O–H groups in total. The van der Waals surface area contributed by atoms with Gasteiger partial charge in [0.2, 0.25) is 5.13 Å². The van der Waals surface area contributed by atoms with E-state index in [1.165, 1.54) is 11.5 Å². The van der Waals surface area contributed by atoms with Crippen molar-refractivity contribution in [3.05, 3.63) is 5.82 Å². The fourth-order valence-electron chi connectivity index (χ4n) is 1.90. The molecule has 1 fully saturated rings. The highest BCUT2D eigenvalue weighted by Gasteiger charge is 2.24. The van der Waals surface area contributed by atoms with Gasteiger partial charge in [-0.1, -0.05) is 0 Å². The summed E-state index contributed by atoms with van der Waals surface area (Å²) < 4.78 is 4.17. The normalized spacial score (nSPS) is 21.7. The van der Waals surface area contributed by atoms with Gasteiger partial charge in [0.1, 0.15) is 11.6 Å². The molecule has 4 nitrogen and oxygen atoms in total. The van der Waals surface area contributed by atoms with Crippen LogP contribution in [0.4, 0.5) is 5.13 Å². The summed E-state index contributed by atoms with van der Waals surface area (Å²) >= 11 is 1.42. The van der Waals surface area contributed by atoms with Gasteiger partial charge in [-0.3, -0.25) is 4.79 Å². The van der Waals surface area contributed by atoms with Crippen LogP contribution in [0.1, 0.15) is 25.6 Å². The van der Waals surface area contributed by atoms with E-state index >= 15 is 0 Å². The molecule has 0 saturated carbocycles. The zero-order valence-corrected chi connectivity index (χ0v) is 9.88.